The van der Waals surface area contributed by atoms with E-state index in [9.17, 15) is 4.79 Å². The molecular formula is C26H22N4O2S. The van der Waals surface area contributed by atoms with Gasteiger partial charge in [-0.25, -0.2) is 15.0 Å². The monoisotopic (exact) mass is 454 g/mol. The Balaban J connectivity index is 1.41. The fraction of sp³-hybridized carbons (Fsp3) is 0.154. The highest BCUT2D eigenvalue weighted by atomic mass is 32.2. The fourth-order valence-electron chi connectivity index (χ4n) is 3.92. The first-order valence-electron chi connectivity index (χ1n) is 10.6. The minimum atomic E-state index is -0.165. The second-order valence-electron chi connectivity index (χ2n) is 7.63. The molecule has 33 heavy (non-hydrogen) atoms. The summed E-state index contributed by atoms with van der Waals surface area (Å²) in [4.78, 5) is 22.1. The lowest BCUT2D eigenvalue weighted by Crippen LogP contribution is -2.28. The predicted octanol–water partition coefficient (Wildman–Crippen LogP) is 5.11. The van der Waals surface area contributed by atoms with Crippen LogP contribution in [0, 0.1) is 0 Å². The summed E-state index contributed by atoms with van der Waals surface area (Å²) in [6.45, 7) is 0. The van der Waals surface area contributed by atoms with Crippen molar-refractivity contribution in [3.05, 3.63) is 96.3 Å². The molecule has 1 unspecified atom stereocenters. The normalized spacial score (nSPS) is 15.5. The van der Waals surface area contributed by atoms with Crippen LogP contribution in [0.25, 0.3) is 10.9 Å². The van der Waals surface area contributed by atoms with E-state index < -0.39 is 0 Å². The molecule has 1 aliphatic heterocycles. The first-order valence-corrected chi connectivity index (χ1v) is 11.6. The van der Waals surface area contributed by atoms with Crippen molar-refractivity contribution in [1.29, 1.82) is 0 Å². The highest BCUT2D eigenvalue weighted by molar-refractivity contribution is 8.00. The van der Waals surface area contributed by atoms with Gasteiger partial charge in [0.15, 0.2) is 0 Å². The van der Waals surface area contributed by atoms with Crippen LogP contribution in [-0.2, 0) is 4.79 Å². The summed E-state index contributed by atoms with van der Waals surface area (Å²) in [5.41, 5.74) is 3.82. The number of aromatic nitrogens is 2. The molecule has 1 atom stereocenters. The number of carbonyl (C=O) groups excluding carboxylic acids is 1. The van der Waals surface area contributed by atoms with E-state index in [4.69, 9.17) is 9.84 Å². The SMILES string of the molecule is COc1ccc(C2CC(c3ccccc3)=NN2C(=O)CSc2ncnc3ccccc23)cc1. The maximum Gasteiger partial charge on any atom is 0.253 e. The number of methoxy groups -OCH3 is 1. The average Bonchev–Trinajstić information content (AvgIpc) is 3.33. The number of fused-ring (bicyclic) bond motifs is 1. The van der Waals surface area contributed by atoms with Crippen LogP contribution < -0.4 is 4.74 Å². The second-order valence-corrected chi connectivity index (χ2v) is 8.59. The van der Waals surface area contributed by atoms with Crippen LogP contribution >= 0.6 is 11.8 Å². The molecule has 164 valence electrons. The number of carbonyl (C=O) groups is 1. The summed E-state index contributed by atoms with van der Waals surface area (Å²) in [6.07, 6.45) is 2.19. The largest absolute Gasteiger partial charge is 0.497 e. The lowest BCUT2D eigenvalue weighted by atomic mass is 9.98. The molecule has 5 rings (SSSR count). The number of ether oxygens (including phenoxy) is 1. The Bertz CT molecular complexity index is 1300. The van der Waals surface area contributed by atoms with Gasteiger partial charge in [0.05, 0.1) is 30.1 Å². The molecule has 1 aliphatic rings. The Kier molecular flexibility index (Phi) is 6.04. The number of nitrogens with zero attached hydrogens (tertiary/aromatic N) is 4. The van der Waals surface area contributed by atoms with E-state index >= 15 is 0 Å². The van der Waals surface area contributed by atoms with Crippen LogP contribution in [-0.4, -0.2) is 39.5 Å². The Hall–Kier alpha value is -3.71. The van der Waals surface area contributed by atoms with Crippen LogP contribution in [0.2, 0.25) is 0 Å². The molecule has 0 saturated carbocycles. The molecule has 1 aromatic heterocycles. The minimum absolute atomic E-state index is 0.0607. The summed E-state index contributed by atoms with van der Waals surface area (Å²) in [5.74, 6) is 0.957. The number of thioether (sulfide) groups is 1. The molecular weight excluding hydrogens is 432 g/mol. The predicted molar refractivity (Wildman–Crippen MR) is 130 cm³/mol. The van der Waals surface area contributed by atoms with Crippen LogP contribution in [0.4, 0.5) is 0 Å². The van der Waals surface area contributed by atoms with Gasteiger partial charge in [-0.1, -0.05) is 72.4 Å². The van der Waals surface area contributed by atoms with E-state index in [-0.39, 0.29) is 17.7 Å². The van der Waals surface area contributed by atoms with Gasteiger partial charge < -0.3 is 4.74 Å². The summed E-state index contributed by atoms with van der Waals surface area (Å²) in [6, 6.07) is 25.5. The van der Waals surface area contributed by atoms with Gasteiger partial charge in [-0.2, -0.15) is 5.10 Å². The van der Waals surface area contributed by atoms with Gasteiger partial charge in [-0.05, 0) is 29.3 Å². The summed E-state index contributed by atoms with van der Waals surface area (Å²) in [7, 11) is 1.64. The van der Waals surface area contributed by atoms with Crippen molar-refractivity contribution in [3.63, 3.8) is 0 Å². The third-order valence-corrected chi connectivity index (χ3v) is 6.60. The molecule has 0 spiro atoms. The van der Waals surface area contributed by atoms with Crippen molar-refractivity contribution in [1.82, 2.24) is 15.0 Å². The van der Waals surface area contributed by atoms with Gasteiger partial charge in [-0.3, -0.25) is 4.79 Å². The van der Waals surface area contributed by atoms with Crippen molar-refractivity contribution in [2.24, 2.45) is 5.10 Å². The lowest BCUT2D eigenvalue weighted by molar-refractivity contribution is -0.130. The molecule has 0 bridgehead atoms. The third-order valence-electron chi connectivity index (χ3n) is 5.61. The number of hydrogen-bond acceptors (Lipinski definition) is 6. The fourth-order valence-corrected chi connectivity index (χ4v) is 4.76. The quantitative estimate of drug-likeness (QED) is 0.299. The highest BCUT2D eigenvalue weighted by Gasteiger charge is 2.33. The summed E-state index contributed by atoms with van der Waals surface area (Å²) in [5, 5.41) is 8.12. The average molecular weight is 455 g/mol. The number of hydrazone groups is 1. The Morgan fingerprint density at radius 3 is 2.55 bits per heavy atom. The summed E-state index contributed by atoms with van der Waals surface area (Å²) >= 11 is 1.41. The van der Waals surface area contributed by atoms with Crippen molar-refractivity contribution < 1.29 is 9.53 Å². The van der Waals surface area contributed by atoms with Crippen molar-refractivity contribution in [3.8, 4) is 5.75 Å². The van der Waals surface area contributed by atoms with Crippen LogP contribution in [0.3, 0.4) is 0 Å². The highest BCUT2D eigenvalue weighted by Crippen LogP contribution is 2.35. The van der Waals surface area contributed by atoms with Gasteiger partial charge in [0.25, 0.3) is 5.91 Å². The number of rotatable bonds is 6. The lowest BCUT2D eigenvalue weighted by Gasteiger charge is -2.22. The van der Waals surface area contributed by atoms with Gasteiger partial charge >= 0.3 is 0 Å². The van der Waals surface area contributed by atoms with Crippen molar-refractivity contribution in [2.45, 2.75) is 17.5 Å². The number of amides is 1. The van der Waals surface area contributed by atoms with Crippen LogP contribution in [0.15, 0.2) is 95.3 Å². The molecule has 0 aliphatic carbocycles. The van der Waals surface area contributed by atoms with E-state index in [2.05, 4.69) is 9.97 Å². The molecule has 1 amide bonds. The zero-order chi connectivity index (χ0) is 22.6. The second kappa shape index (κ2) is 9.42. The van der Waals surface area contributed by atoms with Gasteiger partial charge in [0.1, 0.15) is 17.1 Å². The molecule has 0 N–H and O–H groups in total. The zero-order valence-electron chi connectivity index (χ0n) is 18.1. The molecule has 0 radical (unpaired) electrons. The van der Waals surface area contributed by atoms with E-state index in [0.29, 0.717) is 6.42 Å². The number of para-hydroxylation sites is 1. The first-order chi connectivity index (χ1) is 16.2. The first kappa shape index (κ1) is 21.2. The van der Waals surface area contributed by atoms with Crippen molar-refractivity contribution >= 4 is 34.3 Å². The molecule has 3 aromatic carbocycles. The van der Waals surface area contributed by atoms with Crippen LogP contribution in [0.1, 0.15) is 23.6 Å². The molecule has 4 aromatic rings. The molecule has 0 fully saturated rings. The Morgan fingerprint density at radius 1 is 1.00 bits per heavy atom. The number of hydrogen-bond donors (Lipinski definition) is 0. The Morgan fingerprint density at radius 2 is 1.76 bits per heavy atom. The Labute approximate surface area is 196 Å². The smallest absolute Gasteiger partial charge is 0.253 e. The van der Waals surface area contributed by atoms with E-state index in [1.165, 1.54) is 18.1 Å². The van der Waals surface area contributed by atoms with Gasteiger partial charge in [-0.15, -0.1) is 0 Å². The topological polar surface area (TPSA) is 67.7 Å². The molecule has 7 heteroatoms. The van der Waals surface area contributed by atoms with Gasteiger partial charge in [0, 0.05) is 11.8 Å². The summed E-state index contributed by atoms with van der Waals surface area (Å²) < 4.78 is 5.29. The molecule has 0 saturated heterocycles. The van der Waals surface area contributed by atoms with E-state index in [0.717, 1.165) is 38.5 Å². The maximum atomic E-state index is 13.4. The third kappa shape index (κ3) is 4.45. The number of benzene rings is 3. The van der Waals surface area contributed by atoms with E-state index in [1.54, 1.807) is 12.1 Å². The molecule has 2 heterocycles. The zero-order valence-corrected chi connectivity index (χ0v) is 18.9. The minimum Gasteiger partial charge on any atom is -0.497 e. The van der Waals surface area contributed by atoms with Crippen molar-refractivity contribution in [2.75, 3.05) is 12.9 Å². The van der Waals surface area contributed by atoms with Crippen LogP contribution in [0.5, 0.6) is 5.75 Å². The molecule has 6 nitrogen and oxygen atoms in total. The van der Waals surface area contributed by atoms with E-state index in [1.807, 2.05) is 78.9 Å². The maximum absolute atomic E-state index is 13.4. The van der Waals surface area contributed by atoms with Gasteiger partial charge in [0.2, 0.25) is 0 Å². The standard InChI is InChI=1S/C26H22N4O2S/c1-32-20-13-11-19(12-14-20)24-15-23(18-7-3-2-4-8-18)29-30(24)25(31)16-33-26-21-9-5-6-10-22(21)27-17-28-26/h2-14,17,24H,15-16H2,1H3.